The second kappa shape index (κ2) is 13.2. The number of hydrogen-bond acceptors (Lipinski definition) is 5. The molecule has 0 aliphatic rings. The minimum atomic E-state index is -4.92. The molecule has 0 saturated carbocycles. The summed E-state index contributed by atoms with van der Waals surface area (Å²) >= 11 is 0. The largest absolute Gasteiger partial charge is 0.480 e. The molecule has 0 unspecified atom stereocenters. The Morgan fingerprint density at radius 3 is 2.21 bits per heavy atom. The Bertz CT molecular complexity index is 1930. The van der Waals surface area contributed by atoms with Crippen LogP contribution in [0.1, 0.15) is 40.5 Å². The van der Waals surface area contributed by atoms with Crippen molar-refractivity contribution in [1.29, 1.82) is 0 Å². The number of alkyl halides is 6. The molecule has 1 amide bonds. The van der Waals surface area contributed by atoms with Gasteiger partial charge in [0.2, 0.25) is 0 Å². The molecule has 2 aromatic carbocycles. The highest BCUT2D eigenvalue weighted by Gasteiger charge is 2.42. The van der Waals surface area contributed by atoms with Gasteiger partial charge in [-0.25, -0.2) is 13.6 Å². The van der Waals surface area contributed by atoms with E-state index in [0.717, 1.165) is 23.7 Å². The number of carbonyl (C=O) groups is 2. The number of nitrogens with zero attached hydrogens (tertiary/aromatic N) is 3. The number of carbonyl (C=O) groups excluding carboxylic acids is 1. The number of carboxylic acid groups (broad SMARTS) is 1. The van der Waals surface area contributed by atoms with Crippen molar-refractivity contribution in [2.45, 2.75) is 51.1 Å². The minimum Gasteiger partial charge on any atom is -0.480 e. The van der Waals surface area contributed by atoms with Gasteiger partial charge >= 0.3 is 18.3 Å². The highest BCUT2D eigenvalue weighted by Crippen LogP contribution is 2.38. The summed E-state index contributed by atoms with van der Waals surface area (Å²) in [4.78, 5) is 43.0. The van der Waals surface area contributed by atoms with E-state index in [1.165, 1.54) is 45.3 Å². The summed E-state index contributed by atoms with van der Waals surface area (Å²) in [7, 11) is 2.27. The van der Waals surface area contributed by atoms with Crippen LogP contribution in [0.15, 0.2) is 53.5 Å². The number of halogens is 8. The summed E-state index contributed by atoms with van der Waals surface area (Å²) in [5, 5.41) is 12.0. The van der Waals surface area contributed by atoms with Gasteiger partial charge in [-0.3, -0.25) is 14.6 Å². The lowest BCUT2D eigenvalue weighted by Crippen LogP contribution is -2.44. The summed E-state index contributed by atoms with van der Waals surface area (Å²) in [5.41, 5.74) is -4.69. The molecule has 16 heteroatoms. The number of hydrogen-bond donors (Lipinski definition) is 2. The molecular formula is C32H28F8N4O4. The van der Waals surface area contributed by atoms with Gasteiger partial charge in [0, 0.05) is 49.0 Å². The van der Waals surface area contributed by atoms with Crippen molar-refractivity contribution >= 4 is 28.5 Å². The average molecular weight is 685 g/mol. The number of pyridine rings is 2. The van der Waals surface area contributed by atoms with Gasteiger partial charge in [0.15, 0.2) is 0 Å². The third kappa shape index (κ3) is 6.96. The van der Waals surface area contributed by atoms with E-state index in [0.29, 0.717) is 17.0 Å². The summed E-state index contributed by atoms with van der Waals surface area (Å²) < 4.78 is 113. The molecule has 256 valence electrons. The molecule has 0 aliphatic carbocycles. The van der Waals surface area contributed by atoms with Crippen LogP contribution in [0.5, 0.6) is 0 Å². The lowest BCUT2D eigenvalue weighted by atomic mass is 9.93. The van der Waals surface area contributed by atoms with Crippen LogP contribution < -0.4 is 15.8 Å². The summed E-state index contributed by atoms with van der Waals surface area (Å²) in [5.74, 6) is -6.26. The van der Waals surface area contributed by atoms with Crippen molar-refractivity contribution in [3.05, 3.63) is 93.0 Å². The molecule has 0 bridgehead atoms. The molecular weight excluding hydrogens is 656 g/mol. The molecule has 4 aromatic rings. The van der Waals surface area contributed by atoms with E-state index in [4.69, 9.17) is 0 Å². The van der Waals surface area contributed by atoms with Gasteiger partial charge in [-0.05, 0) is 43.2 Å². The van der Waals surface area contributed by atoms with Crippen LogP contribution in [-0.2, 0) is 24.4 Å². The van der Waals surface area contributed by atoms with Gasteiger partial charge in [-0.1, -0.05) is 25.1 Å². The predicted molar refractivity (Wildman–Crippen MR) is 160 cm³/mol. The molecule has 2 heterocycles. The zero-order valence-corrected chi connectivity index (χ0v) is 25.7. The van der Waals surface area contributed by atoms with Crippen LogP contribution in [0.25, 0.3) is 22.0 Å². The number of amides is 1. The van der Waals surface area contributed by atoms with Gasteiger partial charge in [0.1, 0.15) is 29.3 Å². The Kier molecular flexibility index (Phi) is 9.88. The fourth-order valence-corrected chi connectivity index (χ4v) is 5.45. The average Bonchev–Trinajstić information content (AvgIpc) is 2.98. The first-order valence-electron chi connectivity index (χ1n) is 14.2. The zero-order chi connectivity index (χ0) is 35.9. The fourth-order valence-electron chi connectivity index (χ4n) is 5.45. The standard InChI is InChI=1S/C32H28F8N4O4/c1-5-24(32(38,39)40)44(4)17-13-21(33)26(22(34)14-17)28(45)42-23(30(47)48)12-16-8-9-19(27-18(16)7-6-10-41-27)25-20(31(35,36)37)11-15(2)43(3)29(25)46/h6-11,13-14,23-24H,5,12H2,1-4H3,(H,42,45)(H,47,48)/t23-,24-/m0/s1. The van der Waals surface area contributed by atoms with Gasteiger partial charge < -0.3 is 19.9 Å². The maximum absolute atomic E-state index is 15.0. The normalized spacial score (nSPS) is 13.3. The van der Waals surface area contributed by atoms with Crippen molar-refractivity contribution in [3.8, 4) is 11.1 Å². The molecule has 0 saturated heterocycles. The van der Waals surface area contributed by atoms with E-state index in [1.807, 2.05) is 5.32 Å². The van der Waals surface area contributed by atoms with Crippen molar-refractivity contribution in [1.82, 2.24) is 14.9 Å². The Hall–Kier alpha value is -5.02. The maximum atomic E-state index is 15.0. The van der Waals surface area contributed by atoms with E-state index in [9.17, 15) is 45.8 Å². The predicted octanol–water partition coefficient (Wildman–Crippen LogP) is 6.41. The smallest absolute Gasteiger partial charge is 0.417 e. The topological polar surface area (TPSA) is 105 Å². The molecule has 2 N–H and O–H groups in total. The van der Waals surface area contributed by atoms with Gasteiger partial charge in [-0.2, -0.15) is 26.3 Å². The fraction of sp³-hybridized carbons (Fsp3) is 0.312. The van der Waals surface area contributed by atoms with Crippen LogP contribution in [0.4, 0.5) is 40.8 Å². The maximum Gasteiger partial charge on any atom is 0.417 e. The van der Waals surface area contributed by atoms with Crippen LogP contribution in [0.3, 0.4) is 0 Å². The monoisotopic (exact) mass is 684 g/mol. The number of fused-ring (bicyclic) bond motifs is 1. The quantitative estimate of drug-likeness (QED) is 0.198. The number of nitrogens with one attached hydrogen (secondary N) is 1. The third-order valence-electron chi connectivity index (χ3n) is 8.03. The number of benzene rings is 2. The first-order valence-corrected chi connectivity index (χ1v) is 14.2. The summed E-state index contributed by atoms with van der Waals surface area (Å²) in [6.45, 7) is 2.56. The van der Waals surface area contributed by atoms with Crippen LogP contribution in [0.2, 0.25) is 0 Å². The second-order valence-electron chi connectivity index (χ2n) is 11.0. The first-order chi connectivity index (χ1) is 22.3. The van der Waals surface area contributed by atoms with Crippen molar-refractivity contribution in [2.75, 3.05) is 11.9 Å². The Labute approximate surface area is 267 Å². The van der Waals surface area contributed by atoms with Gasteiger partial charge in [0.25, 0.3) is 11.5 Å². The highest BCUT2D eigenvalue weighted by atomic mass is 19.4. The van der Waals surface area contributed by atoms with E-state index in [1.54, 1.807) is 0 Å². The number of anilines is 1. The molecule has 2 atom stereocenters. The number of aromatic nitrogens is 2. The van der Waals surface area contributed by atoms with Crippen LogP contribution >= 0.6 is 0 Å². The van der Waals surface area contributed by atoms with E-state index in [-0.39, 0.29) is 27.7 Å². The van der Waals surface area contributed by atoms with E-state index in [2.05, 4.69) is 4.98 Å². The van der Waals surface area contributed by atoms with E-state index >= 15 is 8.78 Å². The molecule has 0 spiro atoms. The SMILES string of the molecule is CC[C@H](N(C)c1cc(F)c(C(=O)N[C@@H](Cc2ccc(-c3c(C(F)(F)F)cc(C)n(C)c3=O)c3ncccc23)C(=O)O)c(F)c1)C(F)(F)F. The molecule has 0 radical (unpaired) electrons. The minimum absolute atomic E-state index is 0.0472. The van der Waals surface area contributed by atoms with Crippen LogP contribution in [-0.4, -0.2) is 51.8 Å². The van der Waals surface area contributed by atoms with E-state index < -0.39 is 88.7 Å². The number of aliphatic carboxylic acids is 1. The Morgan fingerprint density at radius 1 is 1.04 bits per heavy atom. The number of rotatable bonds is 9. The summed E-state index contributed by atoms with van der Waals surface area (Å²) in [6, 6.07) is 3.15. The van der Waals surface area contributed by atoms with Crippen molar-refractivity contribution in [3.63, 3.8) is 0 Å². The Morgan fingerprint density at radius 2 is 1.67 bits per heavy atom. The molecule has 4 rings (SSSR count). The highest BCUT2D eigenvalue weighted by molar-refractivity contribution is 5.99. The van der Waals surface area contributed by atoms with Crippen molar-refractivity contribution < 1.29 is 49.8 Å². The van der Waals surface area contributed by atoms with Gasteiger partial charge in [0.05, 0.1) is 16.6 Å². The first kappa shape index (κ1) is 35.8. The third-order valence-corrected chi connectivity index (χ3v) is 8.03. The number of carboxylic acids is 1. The Balaban J connectivity index is 1.72. The lowest BCUT2D eigenvalue weighted by Gasteiger charge is -2.31. The molecule has 2 aromatic heterocycles. The second-order valence-corrected chi connectivity index (χ2v) is 11.0. The molecule has 8 nitrogen and oxygen atoms in total. The van der Waals surface area contributed by atoms with Gasteiger partial charge in [-0.15, -0.1) is 0 Å². The molecule has 0 aliphatic heterocycles. The molecule has 48 heavy (non-hydrogen) atoms. The lowest BCUT2D eigenvalue weighted by molar-refractivity contribution is -0.148. The summed E-state index contributed by atoms with van der Waals surface area (Å²) in [6.07, 6.45) is -9.38. The zero-order valence-electron chi connectivity index (χ0n) is 25.7. The molecule has 0 fully saturated rings. The number of aryl methyl sites for hydroxylation is 1. The van der Waals surface area contributed by atoms with Crippen LogP contribution in [0, 0.1) is 18.6 Å². The van der Waals surface area contributed by atoms with Crippen molar-refractivity contribution in [2.24, 2.45) is 7.05 Å².